The zero-order valence-corrected chi connectivity index (χ0v) is 7.19. The number of pyridine rings is 1. The highest BCUT2D eigenvalue weighted by Crippen LogP contribution is 2.21. The lowest BCUT2D eigenvalue weighted by Gasteiger charge is -2.04. The Labute approximate surface area is 75.5 Å². The van der Waals surface area contributed by atoms with E-state index in [2.05, 4.69) is 9.72 Å². The Balaban J connectivity index is 2.89. The van der Waals surface area contributed by atoms with Crippen molar-refractivity contribution in [1.82, 2.24) is 4.98 Å². The molecule has 5 heteroatoms. The number of ether oxygens (including phenoxy) is 2. The van der Waals surface area contributed by atoms with Crippen LogP contribution < -0.4 is 15.2 Å². The summed E-state index contributed by atoms with van der Waals surface area (Å²) in [5.74, 6) is 0.453. The van der Waals surface area contributed by atoms with Crippen molar-refractivity contribution in [2.24, 2.45) is 0 Å². The minimum absolute atomic E-state index is 0.0703. The van der Waals surface area contributed by atoms with Gasteiger partial charge in [-0.2, -0.15) is 4.98 Å². The topological polar surface area (TPSA) is 74.4 Å². The molecule has 5 nitrogen and oxygen atoms in total. The highest BCUT2D eigenvalue weighted by Gasteiger charge is 2.03. The van der Waals surface area contributed by atoms with Gasteiger partial charge in [0.15, 0.2) is 0 Å². The smallest absolute Gasteiger partial charge is 0.299 e. The lowest BCUT2D eigenvalue weighted by Crippen LogP contribution is -2.00. The number of nitrogens with zero attached hydrogens (tertiary/aromatic N) is 1. The number of hydrogen-bond donors (Lipinski definition) is 1. The summed E-state index contributed by atoms with van der Waals surface area (Å²) >= 11 is 0. The van der Waals surface area contributed by atoms with E-state index in [0.29, 0.717) is 18.2 Å². The van der Waals surface area contributed by atoms with Crippen LogP contribution in [0.4, 0.5) is 5.69 Å². The van der Waals surface area contributed by atoms with Crippen molar-refractivity contribution in [3.63, 3.8) is 0 Å². The molecule has 1 heterocycles. The van der Waals surface area contributed by atoms with Crippen LogP contribution in [0.25, 0.3) is 0 Å². The highest BCUT2D eigenvalue weighted by atomic mass is 16.5. The molecule has 0 amide bonds. The van der Waals surface area contributed by atoms with Crippen molar-refractivity contribution in [2.45, 2.75) is 6.92 Å². The molecule has 0 aliphatic rings. The first-order valence-corrected chi connectivity index (χ1v) is 3.77. The van der Waals surface area contributed by atoms with Gasteiger partial charge in [0.25, 0.3) is 6.47 Å². The Morgan fingerprint density at radius 3 is 3.00 bits per heavy atom. The zero-order chi connectivity index (χ0) is 9.68. The Kier molecular flexibility index (Phi) is 3.08. The molecule has 1 aromatic heterocycles. The minimum atomic E-state index is 0.0703. The van der Waals surface area contributed by atoms with Gasteiger partial charge < -0.3 is 15.2 Å². The van der Waals surface area contributed by atoms with E-state index in [1.165, 1.54) is 0 Å². The second-order valence-electron chi connectivity index (χ2n) is 2.19. The van der Waals surface area contributed by atoms with E-state index < -0.39 is 0 Å². The molecule has 0 fully saturated rings. The van der Waals surface area contributed by atoms with E-state index in [9.17, 15) is 4.79 Å². The first-order valence-electron chi connectivity index (χ1n) is 3.77. The predicted molar refractivity (Wildman–Crippen MR) is 46.5 cm³/mol. The second-order valence-corrected chi connectivity index (χ2v) is 2.19. The number of anilines is 1. The van der Waals surface area contributed by atoms with E-state index in [0.717, 1.165) is 0 Å². The Bertz CT molecular complexity index is 301. The third-order valence-electron chi connectivity index (χ3n) is 1.32. The number of aromatic nitrogens is 1. The maximum absolute atomic E-state index is 10.0. The van der Waals surface area contributed by atoms with Crippen molar-refractivity contribution in [2.75, 3.05) is 12.3 Å². The van der Waals surface area contributed by atoms with Crippen LogP contribution in [0, 0.1) is 0 Å². The summed E-state index contributed by atoms with van der Waals surface area (Å²) in [5.41, 5.74) is 5.77. The van der Waals surface area contributed by atoms with Crippen molar-refractivity contribution >= 4 is 12.2 Å². The fourth-order valence-corrected chi connectivity index (χ4v) is 0.802. The second kappa shape index (κ2) is 4.30. The van der Waals surface area contributed by atoms with Gasteiger partial charge in [0, 0.05) is 6.07 Å². The SMILES string of the molecule is CCOc1ccc(N)c(OC=O)n1. The molecule has 1 rings (SSSR count). The van der Waals surface area contributed by atoms with Crippen molar-refractivity contribution in [1.29, 1.82) is 0 Å². The highest BCUT2D eigenvalue weighted by molar-refractivity contribution is 5.55. The van der Waals surface area contributed by atoms with Gasteiger partial charge in [-0.05, 0) is 13.0 Å². The first-order chi connectivity index (χ1) is 6.27. The molecule has 0 atom stereocenters. The number of carbonyl (C=O) groups is 1. The predicted octanol–water partition coefficient (Wildman–Crippen LogP) is 0.598. The summed E-state index contributed by atoms with van der Waals surface area (Å²) in [7, 11) is 0. The van der Waals surface area contributed by atoms with Gasteiger partial charge in [0.05, 0.1) is 12.3 Å². The summed E-state index contributed by atoms with van der Waals surface area (Å²) in [5, 5.41) is 0. The fraction of sp³-hybridized carbons (Fsp3) is 0.250. The minimum Gasteiger partial charge on any atom is -0.478 e. The molecule has 0 spiro atoms. The molecule has 0 aliphatic carbocycles. The molecule has 0 saturated carbocycles. The largest absolute Gasteiger partial charge is 0.478 e. The van der Waals surface area contributed by atoms with Gasteiger partial charge in [0.2, 0.25) is 11.8 Å². The quantitative estimate of drug-likeness (QED) is 0.690. The van der Waals surface area contributed by atoms with Crippen LogP contribution in [-0.4, -0.2) is 18.1 Å². The van der Waals surface area contributed by atoms with Gasteiger partial charge in [0.1, 0.15) is 0 Å². The van der Waals surface area contributed by atoms with Crippen LogP contribution in [0.1, 0.15) is 6.92 Å². The molecule has 0 aliphatic heterocycles. The molecule has 0 unspecified atom stereocenters. The molecule has 70 valence electrons. The average Bonchev–Trinajstić information content (AvgIpc) is 2.12. The normalized spacial score (nSPS) is 9.31. The third-order valence-corrected chi connectivity index (χ3v) is 1.32. The van der Waals surface area contributed by atoms with E-state index in [1.54, 1.807) is 12.1 Å². The maximum Gasteiger partial charge on any atom is 0.299 e. The van der Waals surface area contributed by atoms with Crippen LogP contribution >= 0.6 is 0 Å². The number of rotatable bonds is 4. The third kappa shape index (κ3) is 2.33. The average molecular weight is 182 g/mol. The fourth-order valence-electron chi connectivity index (χ4n) is 0.802. The van der Waals surface area contributed by atoms with Crippen molar-refractivity contribution in [3.05, 3.63) is 12.1 Å². The molecule has 0 bridgehead atoms. The van der Waals surface area contributed by atoms with Gasteiger partial charge in [-0.25, -0.2) is 0 Å². The van der Waals surface area contributed by atoms with Gasteiger partial charge in [-0.3, -0.25) is 4.79 Å². The van der Waals surface area contributed by atoms with Crippen LogP contribution in [0.5, 0.6) is 11.8 Å². The summed E-state index contributed by atoms with van der Waals surface area (Å²) in [6, 6.07) is 3.17. The van der Waals surface area contributed by atoms with Crippen molar-refractivity contribution < 1.29 is 14.3 Å². The number of nitrogens with two attached hydrogens (primary N) is 1. The molecule has 0 aromatic carbocycles. The van der Waals surface area contributed by atoms with Crippen LogP contribution in [0.15, 0.2) is 12.1 Å². The lowest BCUT2D eigenvalue weighted by atomic mass is 10.4. The summed E-state index contributed by atoms with van der Waals surface area (Å²) in [6.45, 7) is 2.60. The van der Waals surface area contributed by atoms with E-state index in [4.69, 9.17) is 10.5 Å². The molecule has 1 aromatic rings. The monoisotopic (exact) mass is 182 g/mol. The summed E-state index contributed by atoms with van der Waals surface area (Å²) in [6.07, 6.45) is 0. The van der Waals surface area contributed by atoms with Gasteiger partial charge >= 0.3 is 0 Å². The molecule has 2 N–H and O–H groups in total. The molecule has 0 radical (unpaired) electrons. The Morgan fingerprint density at radius 1 is 1.62 bits per heavy atom. The molecular weight excluding hydrogens is 172 g/mol. The van der Waals surface area contributed by atoms with Crippen molar-refractivity contribution in [3.8, 4) is 11.8 Å². The van der Waals surface area contributed by atoms with Gasteiger partial charge in [-0.1, -0.05) is 0 Å². The molecule has 13 heavy (non-hydrogen) atoms. The standard InChI is InChI=1S/C8H10N2O3/c1-2-12-7-4-3-6(9)8(10-7)13-5-11/h3-5H,2,9H2,1H3. The first kappa shape index (κ1) is 9.31. The van der Waals surface area contributed by atoms with E-state index >= 15 is 0 Å². The molecular formula is C8H10N2O3. The lowest BCUT2D eigenvalue weighted by molar-refractivity contribution is -0.120. The van der Waals surface area contributed by atoms with Gasteiger partial charge in [-0.15, -0.1) is 0 Å². The Hall–Kier alpha value is -1.78. The van der Waals surface area contributed by atoms with Crippen LogP contribution in [0.3, 0.4) is 0 Å². The Morgan fingerprint density at radius 2 is 2.38 bits per heavy atom. The molecule has 0 saturated heterocycles. The van der Waals surface area contributed by atoms with E-state index in [1.807, 2.05) is 6.92 Å². The zero-order valence-electron chi connectivity index (χ0n) is 7.19. The van der Waals surface area contributed by atoms with Crippen LogP contribution in [0.2, 0.25) is 0 Å². The van der Waals surface area contributed by atoms with E-state index in [-0.39, 0.29) is 12.4 Å². The maximum atomic E-state index is 10.0. The summed E-state index contributed by atoms with van der Waals surface area (Å²) in [4.78, 5) is 13.9. The van der Waals surface area contributed by atoms with Crippen LogP contribution in [-0.2, 0) is 4.79 Å². The number of carbonyl (C=O) groups excluding carboxylic acids is 1. The summed E-state index contributed by atoms with van der Waals surface area (Å²) < 4.78 is 9.61. The number of hydrogen-bond acceptors (Lipinski definition) is 5. The number of nitrogen functional groups attached to an aromatic ring is 1.